The maximum atomic E-state index is 9.95. The number of aromatic hydroxyl groups is 4. The normalized spacial score (nSPS) is 11.1. The van der Waals surface area contributed by atoms with Gasteiger partial charge in [-0.05, 0) is 61.4 Å². The smallest absolute Gasteiger partial charge is 0.119 e. The van der Waals surface area contributed by atoms with E-state index in [2.05, 4.69) is 13.8 Å². The highest BCUT2D eigenvalue weighted by Gasteiger charge is 2.22. The Morgan fingerprint density at radius 2 is 0.886 bits per heavy atom. The molecular weight excluding hydrogens is 436 g/mol. The van der Waals surface area contributed by atoms with Crippen molar-refractivity contribution in [2.75, 3.05) is 0 Å². The number of aryl methyl sites for hydroxylation is 2. The van der Waals surface area contributed by atoms with Crippen LogP contribution in [-0.2, 0) is 5.41 Å². The molecule has 0 bridgehead atoms. The minimum Gasteiger partial charge on any atom is -0.508 e. The minimum absolute atomic E-state index is 0.0372. The van der Waals surface area contributed by atoms with Crippen molar-refractivity contribution in [1.82, 2.24) is 0 Å². The number of hydrogen-bond acceptors (Lipinski definition) is 4. The second-order valence-corrected chi connectivity index (χ2v) is 9.56. The fraction of sp³-hybridized carbons (Fsp3) is 0.226. The molecule has 4 nitrogen and oxygen atoms in total. The molecule has 0 aliphatic rings. The topological polar surface area (TPSA) is 80.9 Å². The highest BCUT2D eigenvalue weighted by molar-refractivity contribution is 5.48. The molecule has 0 heterocycles. The summed E-state index contributed by atoms with van der Waals surface area (Å²) in [5, 5.41) is 38.5. The first kappa shape index (κ1) is 25.7. The molecule has 0 atom stereocenters. The zero-order valence-corrected chi connectivity index (χ0v) is 20.9. The van der Waals surface area contributed by atoms with Crippen LogP contribution in [0.5, 0.6) is 23.0 Å². The lowest BCUT2D eigenvalue weighted by Crippen LogP contribution is -2.18. The summed E-state index contributed by atoms with van der Waals surface area (Å²) < 4.78 is 0. The van der Waals surface area contributed by atoms with Gasteiger partial charge in [-0.1, -0.05) is 80.4 Å². The third-order valence-corrected chi connectivity index (χ3v) is 6.48. The van der Waals surface area contributed by atoms with E-state index in [0.29, 0.717) is 0 Å². The summed E-state index contributed by atoms with van der Waals surface area (Å²) in [6.45, 7) is 10.2. The lowest BCUT2D eigenvalue weighted by atomic mass is 9.78. The molecule has 0 spiro atoms. The van der Waals surface area contributed by atoms with E-state index >= 15 is 0 Å². The molecule has 182 valence electrons. The van der Waals surface area contributed by atoms with Crippen molar-refractivity contribution < 1.29 is 20.4 Å². The average Bonchev–Trinajstić information content (AvgIpc) is 2.83. The summed E-state index contributed by atoms with van der Waals surface area (Å²) in [4.78, 5) is 0. The maximum Gasteiger partial charge on any atom is 0.119 e. The molecule has 4 N–H and O–H groups in total. The van der Waals surface area contributed by atoms with Crippen molar-refractivity contribution in [2.24, 2.45) is 0 Å². The van der Waals surface area contributed by atoms with Gasteiger partial charge in [-0.3, -0.25) is 0 Å². The van der Waals surface area contributed by atoms with Gasteiger partial charge in [-0.2, -0.15) is 0 Å². The zero-order chi connectivity index (χ0) is 25.8. The Morgan fingerprint density at radius 3 is 1.23 bits per heavy atom. The molecule has 0 aliphatic heterocycles. The number of phenols is 4. The molecule has 35 heavy (non-hydrogen) atoms. The van der Waals surface area contributed by atoms with Crippen LogP contribution in [0.1, 0.15) is 60.1 Å². The third kappa shape index (κ3) is 6.15. The Bertz CT molecular complexity index is 1170. The van der Waals surface area contributed by atoms with E-state index in [4.69, 9.17) is 0 Å². The number of hydrogen-bond donors (Lipinski definition) is 4. The van der Waals surface area contributed by atoms with E-state index in [-0.39, 0.29) is 34.3 Å². The van der Waals surface area contributed by atoms with Crippen LogP contribution in [0.4, 0.5) is 0 Å². The second-order valence-electron chi connectivity index (χ2n) is 9.56. The van der Waals surface area contributed by atoms with Gasteiger partial charge in [0.1, 0.15) is 23.0 Å². The summed E-state index contributed by atoms with van der Waals surface area (Å²) >= 11 is 0. The molecule has 0 saturated carbocycles. The lowest BCUT2D eigenvalue weighted by Gasteiger charge is -2.26. The lowest BCUT2D eigenvalue weighted by molar-refractivity contribution is 0.456. The second kappa shape index (κ2) is 10.6. The van der Waals surface area contributed by atoms with Gasteiger partial charge in [0.15, 0.2) is 0 Å². The molecule has 4 rings (SSSR count). The van der Waals surface area contributed by atoms with Crippen molar-refractivity contribution in [3.63, 3.8) is 0 Å². The van der Waals surface area contributed by atoms with Gasteiger partial charge in [-0.25, -0.2) is 0 Å². The molecular formula is C31H34O4. The van der Waals surface area contributed by atoms with Crippen molar-refractivity contribution in [2.45, 2.75) is 46.0 Å². The van der Waals surface area contributed by atoms with Crippen molar-refractivity contribution in [3.05, 3.63) is 118 Å². The number of benzene rings is 4. The van der Waals surface area contributed by atoms with Crippen LogP contribution in [0, 0.1) is 13.8 Å². The van der Waals surface area contributed by atoms with Crippen LogP contribution in [0.2, 0.25) is 0 Å². The molecule has 4 heteroatoms. The van der Waals surface area contributed by atoms with Crippen molar-refractivity contribution >= 4 is 0 Å². The molecule has 0 unspecified atom stereocenters. The summed E-state index contributed by atoms with van der Waals surface area (Å²) in [6.07, 6.45) is 0. The minimum atomic E-state index is -0.151. The van der Waals surface area contributed by atoms with Gasteiger partial charge in [0.05, 0.1) is 0 Å². The quantitative estimate of drug-likeness (QED) is 0.252. The third-order valence-electron chi connectivity index (χ3n) is 6.48. The van der Waals surface area contributed by atoms with Crippen LogP contribution in [0.3, 0.4) is 0 Å². The fourth-order valence-corrected chi connectivity index (χ4v) is 4.13. The van der Waals surface area contributed by atoms with Gasteiger partial charge < -0.3 is 20.4 Å². The van der Waals surface area contributed by atoms with Crippen LogP contribution in [0.15, 0.2) is 84.9 Å². The zero-order valence-electron chi connectivity index (χ0n) is 20.9. The summed E-state index contributed by atoms with van der Waals surface area (Å²) in [5.41, 5.74) is 5.99. The fourth-order valence-electron chi connectivity index (χ4n) is 4.13. The first-order valence-electron chi connectivity index (χ1n) is 11.7. The molecule has 4 aromatic rings. The van der Waals surface area contributed by atoms with Gasteiger partial charge in [0, 0.05) is 22.5 Å². The number of rotatable bonds is 4. The predicted molar refractivity (Wildman–Crippen MR) is 142 cm³/mol. The molecule has 0 fully saturated rings. The Kier molecular flexibility index (Phi) is 7.75. The predicted octanol–water partition coefficient (Wildman–Crippen LogP) is 7.29. The maximum absolute atomic E-state index is 9.95. The van der Waals surface area contributed by atoms with E-state index < -0.39 is 0 Å². The van der Waals surface area contributed by atoms with Crippen LogP contribution >= 0.6 is 0 Å². The Balaban J connectivity index is 0.000000196. The van der Waals surface area contributed by atoms with Crippen molar-refractivity contribution in [1.29, 1.82) is 0 Å². The number of phenolic OH excluding ortho intramolecular Hbond substituents is 4. The molecule has 4 aromatic carbocycles. The first-order valence-corrected chi connectivity index (χ1v) is 11.7. The summed E-state index contributed by atoms with van der Waals surface area (Å²) in [7, 11) is 0. The molecule has 0 aliphatic carbocycles. The standard InChI is InChI=1S/C16H18O2.C15H16O2/c1-10-4-6-15(17)13(8-10)12(3)14-9-11(2)5-7-16(14)18;1-15(2,11-3-7-13(16)8-4-11)12-5-9-14(17)10-6-12/h4-9,12,17-18H,1-3H3;3-10,16-17H,1-2H3. The highest BCUT2D eigenvalue weighted by Crippen LogP contribution is 2.36. The monoisotopic (exact) mass is 470 g/mol. The van der Waals surface area contributed by atoms with Gasteiger partial charge >= 0.3 is 0 Å². The van der Waals surface area contributed by atoms with Crippen LogP contribution in [0.25, 0.3) is 0 Å². The average molecular weight is 471 g/mol. The summed E-state index contributed by atoms with van der Waals surface area (Å²) in [5.74, 6) is 1.05. The highest BCUT2D eigenvalue weighted by atomic mass is 16.3. The van der Waals surface area contributed by atoms with Crippen LogP contribution < -0.4 is 0 Å². The molecule has 0 amide bonds. The summed E-state index contributed by atoms with van der Waals surface area (Å²) in [6, 6.07) is 25.5. The van der Waals surface area contributed by atoms with Gasteiger partial charge in [-0.15, -0.1) is 0 Å². The van der Waals surface area contributed by atoms with E-state index in [1.807, 2.05) is 69.3 Å². The van der Waals surface area contributed by atoms with E-state index in [9.17, 15) is 20.4 Å². The van der Waals surface area contributed by atoms with Gasteiger partial charge in [0.25, 0.3) is 0 Å². The molecule has 0 radical (unpaired) electrons. The van der Waals surface area contributed by atoms with E-state index in [0.717, 1.165) is 33.4 Å². The SMILES string of the molecule is CC(C)(c1ccc(O)cc1)c1ccc(O)cc1.Cc1ccc(O)c(C(C)c2cc(C)ccc2O)c1. The first-order chi connectivity index (χ1) is 16.5. The van der Waals surface area contributed by atoms with Crippen LogP contribution in [-0.4, -0.2) is 20.4 Å². The molecule has 0 saturated heterocycles. The largest absolute Gasteiger partial charge is 0.508 e. The van der Waals surface area contributed by atoms with E-state index in [1.165, 1.54) is 0 Å². The Morgan fingerprint density at radius 1 is 0.543 bits per heavy atom. The Labute approximate surface area is 207 Å². The molecule has 0 aromatic heterocycles. The van der Waals surface area contributed by atoms with Gasteiger partial charge in [0.2, 0.25) is 0 Å². The van der Waals surface area contributed by atoms with Crippen molar-refractivity contribution in [3.8, 4) is 23.0 Å². The Hall–Kier alpha value is -3.92. The van der Waals surface area contributed by atoms with E-state index in [1.54, 1.807) is 36.4 Å².